The van der Waals surface area contributed by atoms with Gasteiger partial charge in [0.15, 0.2) is 5.78 Å². The minimum Gasteiger partial charge on any atom is -0.379 e. The van der Waals surface area contributed by atoms with E-state index in [1.165, 1.54) is 0 Å². The molecule has 1 aliphatic carbocycles. The van der Waals surface area contributed by atoms with Crippen molar-refractivity contribution in [3.8, 4) is 0 Å². The average molecular weight is 284 g/mol. The van der Waals surface area contributed by atoms with Gasteiger partial charge in [-0.2, -0.15) is 0 Å². The zero-order valence-corrected chi connectivity index (χ0v) is 14.2. The molecule has 0 saturated heterocycles. The van der Waals surface area contributed by atoms with Crippen LogP contribution in [0.15, 0.2) is 0 Å². The van der Waals surface area contributed by atoms with E-state index in [-0.39, 0.29) is 11.4 Å². The predicted octanol–water partition coefficient (Wildman–Crippen LogP) is 4.14. The molecular weight excluding hydrogens is 252 g/mol. The van der Waals surface area contributed by atoms with Crippen LogP contribution in [0.4, 0.5) is 0 Å². The van der Waals surface area contributed by atoms with Gasteiger partial charge in [0.05, 0.1) is 5.60 Å². The van der Waals surface area contributed by atoms with E-state index < -0.39 is 5.60 Å². The summed E-state index contributed by atoms with van der Waals surface area (Å²) in [6, 6.07) is 0. The first kappa shape index (κ1) is 17.6. The highest BCUT2D eigenvalue weighted by Gasteiger charge is 2.44. The number of hydrogen-bond donors (Lipinski definition) is 0. The lowest BCUT2D eigenvalue weighted by Gasteiger charge is -2.42. The summed E-state index contributed by atoms with van der Waals surface area (Å²) < 4.78 is 11.3. The Hall–Kier alpha value is -0.410. The Kier molecular flexibility index (Phi) is 5.79. The molecule has 0 aliphatic heterocycles. The Balaban J connectivity index is 2.69. The molecule has 0 aromatic carbocycles. The fourth-order valence-electron chi connectivity index (χ4n) is 2.86. The first-order chi connectivity index (χ1) is 9.16. The van der Waals surface area contributed by atoms with Crippen LogP contribution in [0, 0.1) is 5.41 Å². The van der Waals surface area contributed by atoms with Crippen molar-refractivity contribution in [2.24, 2.45) is 5.41 Å². The summed E-state index contributed by atoms with van der Waals surface area (Å²) in [4.78, 5) is 12.7. The summed E-state index contributed by atoms with van der Waals surface area (Å²) in [5.41, 5.74) is -0.433. The molecule has 1 fully saturated rings. The van der Waals surface area contributed by atoms with E-state index in [0.29, 0.717) is 18.4 Å². The Morgan fingerprint density at radius 1 is 1.15 bits per heavy atom. The summed E-state index contributed by atoms with van der Waals surface area (Å²) in [5, 5.41) is 0. The van der Waals surface area contributed by atoms with Crippen LogP contribution < -0.4 is 0 Å². The highest BCUT2D eigenvalue weighted by molar-refractivity contribution is 5.87. The summed E-state index contributed by atoms with van der Waals surface area (Å²) in [6.07, 6.45) is 5.14. The first-order valence-electron chi connectivity index (χ1n) is 7.89. The second-order valence-corrected chi connectivity index (χ2v) is 7.48. The Labute approximate surface area is 124 Å². The molecule has 0 unspecified atom stereocenters. The Bertz CT molecular complexity index is 321. The van der Waals surface area contributed by atoms with Crippen molar-refractivity contribution in [1.82, 2.24) is 0 Å². The molecule has 1 rings (SSSR count). The maximum absolute atomic E-state index is 12.7. The van der Waals surface area contributed by atoms with Crippen LogP contribution >= 0.6 is 0 Å². The molecule has 3 nitrogen and oxygen atoms in total. The Morgan fingerprint density at radius 2 is 1.70 bits per heavy atom. The second kappa shape index (κ2) is 6.57. The molecule has 0 aromatic rings. The van der Waals surface area contributed by atoms with Gasteiger partial charge in [-0.25, -0.2) is 0 Å². The largest absolute Gasteiger partial charge is 0.379 e. The number of Topliss-reactive ketones (excluding diaryl/α,β-unsaturated/α-hetero) is 1. The molecule has 0 spiro atoms. The molecule has 3 heteroatoms. The highest BCUT2D eigenvalue weighted by Crippen LogP contribution is 2.43. The topological polar surface area (TPSA) is 35.5 Å². The van der Waals surface area contributed by atoms with E-state index in [1.807, 2.05) is 20.8 Å². The van der Waals surface area contributed by atoms with Crippen molar-refractivity contribution >= 4 is 5.78 Å². The van der Waals surface area contributed by atoms with Gasteiger partial charge in [0.25, 0.3) is 0 Å². The van der Waals surface area contributed by atoms with Crippen molar-refractivity contribution in [3.05, 3.63) is 0 Å². The van der Waals surface area contributed by atoms with Gasteiger partial charge in [-0.15, -0.1) is 0 Å². The zero-order chi connectivity index (χ0) is 15.4. The molecule has 0 bridgehead atoms. The minimum atomic E-state index is -0.534. The number of carbonyl (C=O) groups excluding carboxylic acids is 1. The van der Waals surface area contributed by atoms with Crippen LogP contribution in [-0.4, -0.2) is 30.7 Å². The number of methoxy groups -OCH3 is 1. The summed E-state index contributed by atoms with van der Waals surface area (Å²) in [6.45, 7) is 11.2. The highest BCUT2D eigenvalue weighted by atomic mass is 16.5. The van der Waals surface area contributed by atoms with Crippen LogP contribution in [0.1, 0.15) is 73.1 Å². The number of hydrogen-bond acceptors (Lipinski definition) is 3. The van der Waals surface area contributed by atoms with Crippen LogP contribution in [0.5, 0.6) is 0 Å². The van der Waals surface area contributed by atoms with E-state index in [1.54, 1.807) is 7.11 Å². The smallest absolute Gasteiger partial charge is 0.164 e. The lowest BCUT2D eigenvalue weighted by Crippen LogP contribution is -2.47. The van der Waals surface area contributed by atoms with Crippen molar-refractivity contribution in [3.63, 3.8) is 0 Å². The fourth-order valence-corrected chi connectivity index (χ4v) is 2.86. The Morgan fingerprint density at radius 3 is 2.15 bits per heavy atom. The van der Waals surface area contributed by atoms with Gasteiger partial charge in [0.1, 0.15) is 5.60 Å². The third kappa shape index (κ3) is 4.56. The number of ketones is 1. The molecule has 1 aliphatic rings. The van der Waals surface area contributed by atoms with Gasteiger partial charge >= 0.3 is 0 Å². The average Bonchev–Trinajstić information content (AvgIpc) is 2.39. The molecule has 1 saturated carbocycles. The number of rotatable bonds is 7. The molecule has 0 N–H and O–H groups in total. The van der Waals surface area contributed by atoms with Crippen molar-refractivity contribution in [2.45, 2.75) is 84.3 Å². The van der Waals surface area contributed by atoms with Crippen molar-refractivity contribution in [2.75, 3.05) is 13.7 Å². The minimum absolute atomic E-state index is 0.239. The molecular formula is C17H32O3. The number of carbonyl (C=O) groups is 1. The normalized spacial score (nSPS) is 21.7. The van der Waals surface area contributed by atoms with E-state index in [4.69, 9.17) is 9.47 Å². The zero-order valence-electron chi connectivity index (χ0n) is 14.2. The predicted molar refractivity (Wildman–Crippen MR) is 81.9 cm³/mol. The van der Waals surface area contributed by atoms with Crippen LogP contribution in [0.2, 0.25) is 0 Å². The lowest BCUT2D eigenvalue weighted by molar-refractivity contribution is -0.153. The van der Waals surface area contributed by atoms with E-state index in [0.717, 1.165) is 32.1 Å². The van der Waals surface area contributed by atoms with Gasteiger partial charge < -0.3 is 9.47 Å². The number of ether oxygens (including phenoxy) is 2. The van der Waals surface area contributed by atoms with E-state index in [9.17, 15) is 4.79 Å². The van der Waals surface area contributed by atoms with E-state index >= 15 is 0 Å². The van der Waals surface area contributed by atoms with Gasteiger partial charge in [-0.3, -0.25) is 4.79 Å². The van der Waals surface area contributed by atoms with Crippen LogP contribution in [0.25, 0.3) is 0 Å². The van der Waals surface area contributed by atoms with Crippen molar-refractivity contribution < 1.29 is 14.3 Å². The molecule has 0 radical (unpaired) electrons. The molecule has 118 valence electrons. The summed E-state index contributed by atoms with van der Waals surface area (Å²) in [5.74, 6) is 0.264. The van der Waals surface area contributed by atoms with Gasteiger partial charge in [-0.05, 0) is 58.3 Å². The molecule has 20 heavy (non-hydrogen) atoms. The first-order valence-corrected chi connectivity index (χ1v) is 7.89. The summed E-state index contributed by atoms with van der Waals surface area (Å²) in [7, 11) is 1.70. The SMILES string of the molecule is CCOC1(C(=O)CCC(C)(C)OC)CCC(C)(C)CC1. The fraction of sp³-hybridized carbons (Fsp3) is 0.941. The second-order valence-electron chi connectivity index (χ2n) is 7.48. The molecule has 0 aromatic heterocycles. The van der Waals surface area contributed by atoms with E-state index in [2.05, 4.69) is 13.8 Å². The monoisotopic (exact) mass is 284 g/mol. The maximum atomic E-state index is 12.7. The van der Waals surface area contributed by atoms with Crippen LogP contribution in [0.3, 0.4) is 0 Å². The molecule has 0 amide bonds. The van der Waals surface area contributed by atoms with Gasteiger partial charge in [-0.1, -0.05) is 13.8 Å². The summed E-state index contributed by atoms with van der Waals surface area (Å²) >= 11 is 0. The molecule has 0 atom stereocenters. The third-order valence-corrected chi connectivity index (χ3v) is 4.85. The lowest BCUT2D eigenvalue weighted by atomic mass is 9.69. The standard InChI is InChI=1S/C17H32O3/c1-7-20-17(12-10-15(2,3)11-13-17)14(18)8-9-16(4,5)19-6/h7-13H2,1-6H3. The van der Waals surface area contributed by atoms with Crippen molar-refractivity contribution in [1.29, 1.82) is 0 Å². The third-order valence-electron chi connectivity index (χ3n) is 4.85. The van der Waals surface area contributed by atoms with Gasteiger partial charge in [0, 0.05) is 20.1 Å². The quantitative estimate of drug-likeness (QED) is 0.705. The molecule has 0 heterocycles. The van der Waals surface area contributed by atoms with Crippen LogP contribution in [-0.2, 0) is 14.3 Å². The van der Waals surface area contributed by atoms with Gasteiger partial charge in [0.2, 0.25) is 0 Å². The maximum Gasteiger partial charge on any atom is 0.164 e.